The van der Waals surface area contributed by atoms with E-state index in [-0.39, 0.29) is 12.5 Å². The molecule has 1 aliphatic carbocycles. The fourth-order valence-corrected chi connectivity index (χ4v) is 0.400. The van der Waals surface area contributed by atoms with Crippen molar-refractivity contribution >= 4 is 0 Å². The summed E-state index contributed by atoms with van der Waals surface area (Å²) in [5.41, 5.74) is 0. The van der Waals surface area contributed by atoms with Gasteiger partial charge < -0.3 is 5.11 Å². The van der Waals surface area contributed by atoms with Gasteiger partial charge in [0.25, 0.3) is 0 Å². The summed E-state index contributed by atoms with van der Waals surface area (Å²) in [7, 11) is 0. The maximum absolute atomic E-state index is 11.6. The van der Waals surface area contributed by atoms with Crippen LogP contribution in [0.5, 0.6) is 0 Å². The van der Waals surface area contributed by atoms with Gasteiger partial charge in [0, 0.05) is 12.5 Å². The van der Waals surface area contributed by atoms with E-state index >= 15 is 0 Å². The Morgan fingerprint density at radius 3 is 2.33 bits per heavy atom. The highest BCUT2D eigenvalue weighted by molar-refractivity contribution is 4.84. The molecule has 1 rings (SSSR count). The van der Waals surface area contributed by atoms with Crippen molar-refractivity contribution in [2.75, 3.05) is 6.61 Å². The predicted molar refractivity (Wildman–Crippen MR) is 20.1 cm³/mol. The molecule has 0 heterocycles. The van der Waals surface area contributed by atoms with Gasteiger partial charge in [0.15, 0.2) is 0 Å². The first kappa shape index (κ1) is 4.06. The zero-order valence-electron chi connectivity index (χ0n) is 3.39. The first-order valence-electron chi connectivity index (χ1n) is 2.09. The van der Waals surface area contributed by atoms with Crippen molar-refractivity contribution in [3.63, 3.8) is 0 Å². The van der Waals surface area contributed by atoms with Gasteiger partial charge in [-0.05, 0) is 6.42 Å². The monoisotopic (exact) mass is 90.0 g/mol. The van der Waals surface area contributed by atoms with Crippen LogP contribution in [-0.4, -0.2) is 17.9 Å². The molecule has 1 saturated carbocycles. The summed E-state index contributed by atoms with van der Waals surface area (Å²) >= 11 is 0. The quantitative estimate of drug-likeness (QED) is 0.492. The Morgan fingerprint density at radius 1 is 1.83 bits per heavy atom. The largest absolute Gasteiger partial charge is 0.396 e. The maximum Gasteiger partial charge on any atom is 0.106 e. The SMILES string of the molecule is OC[C@@H]1C[C@H]1F. The number of aliphatic hydroxyl groups excluding tert-OH is 1. The minimum atomic E-state index is -0.685. The molecule has 0 amide bonds. The van der Waals surface area contributed by atoms with E-state index in [1.54, 1.807) is 0 Å². The van der Waals surface area contributed by atoms with Crippen LogP contribution in [0.3, 0.4) is 0 Å². The molecule has 1 fully saturated rings. The smallest absolute Gasteiger partial charge is 0.106 e. The molecule has 0 aromatic heterocycles. The molecule has 1 aliphatic rings. The number of halogens is 1. The third-order valence-corrected chi connectivity index (χ3v) is 1.07. The Morgan fingerprint density at radius 2 is 2.33 bits per heavy atom. The van der Waals surface area contributed by atoms with Crippen molar-refractivity contribution in [1.29, 1.82) is 0 Å². The summed E-state index contributed by atoms with van der Waals surface area (Å²) in [5, 5.41) is 8.14. The summed E-state index contributed by atoms with van der Waals surface area (Å²) < 4.78 is 11.6. The number of aliphatic hydroxyl groups is 1. The first-order valence-corrected chi connectivity index (χ1v) is 2.09. The van der Waals surface area contributed by atoms with E-state index in [1.165, 1.54) is 0 Å². The lowest BCUT2D eigenvalue weighted by Crippen LogP contribution is -1.85. The Kier molecular flexibility index (Phi) is 0.804. The van der Waals surface area contributed by atoms with Crippen LogP contribution in [-0.2, 0) is 0 Å². The molecule has 1 nitrogen and oxygen atoms in total. The summed E-state index contributed by atoms with van der Waals surface area (Å²) in [6.07, 6.45) is -0.105. The van der Waals surface area contributed by atoms with Crippen LogP contribution in [0.25, 0.3) is 0 Å². The van der Waals surface area contributed by atoms with Gasteiger partial charge in [0.2, 0.25) is 0 Å². The second-order valence-electron chi connectivity index (χ2n) is 1.69. The van der Waals surface area contributed by atoms with Crippen LogP contribution in [0.1, 0.15) is 6.42 Å². The number of alkyl halides is 1. The zero-order chi connectivity index (χ0) is 4.57. The molecule has 2 atom stereocenters. The van der Waals surface area contributed by atoms with E-state index in [0.29, 0.717) is 6.42 Å². The lowest BCUT2D eigenvalue weighted by molar-refractivity contribution is 0.258. The van der Waals surface area contributed by atoms with Crippen LogP contribution in [0.2, 0.25) is 0 Å². The Labute approximate surface area is 35.8 Å². The lowest BCUT2D eigenvalue weighted by Gasteiger charge is -1.76. The molecule has 2 heteroatoms. The molecule has 0 aliphatic heterocycles. The summed E-state index contributed by atoms with van der Waals surface area (Å²) in [6, 6.07) is 0. The molecule has 0 bridgehead atoms. The van der Waals surface area contributed by atoms with Crippen molar-refractivity contribution in [3.05, 3.63) is 0 Å². The Hall–Kier alpha value is -0.110. The van der Waals surface area contributed by atoms with E-state index in [2.05, 4.69) is 0 Å². The summed E-state index contributed by atoms with van der Waals surface area (Å²) in [6.45, 7) is 0.0289. The Balaban J connectivity index is 2.09. The lowest BCUT2D eigenvalue weighted by atomic mass is 10.5. The zero-order valence-corrected chi connectivity index (χ0v) is 3.39. The molecule has 0 unspecified atom stereocenters. The molecule has 1 N–H and O–H groups in total. The van der Waals surface area contributed by atoms with Crippen LogP contribution in [0.4, 0.5) is 4.39 Å². The fourth-order valence-electron chi connectivity index (χ4n) is 0.400. The van der Waals surface area contributed by atoms with Crippen molar-refractivity contribution in [1.82, 2.24) is 0 Å². The van der Waals surface area contributed by atoms with Crippen LogP contribution < -0.4 is 0 Å². The van der Waals surface area contributed by atoms with Crippen molar-refractivity contribution in [3.8, 4) is 0 Å². The van der Waals surface area contributed by atoms with Crippen molar-refractivity contribution in [2.45, 2.75) is 12.6 Å². The van der Waals surface area contributed by atoms with Crippen LogP contribution in [0, 0.1) is 5.92 Å². The van der Waals surface area contributed by atoms with Crippen molar-refractivity contribution in [2.24, 2.45) is 5.92 Å². The third-order valence-electron chi connectivity index (χ3n) is 1.07. The highest BCUT2D eigenvalue weighted by atomic mass is 19.1. The van der Waals surface area contributed by atoms with Gasteiger partial charge in [-0.15, -0.1) is 0 Å². The molecule has 0 aromatic rings. The minimum Gasteiger partial charge on any atom is -0.396 e. The van der Waals surface area contributed by atoms with E-state index < -0.39 is 6.17 Å². The van der Waals surface area contributed by atoms with E-state index in [0.717, 1.165) is 0 Å². The fraction of sp³-hybridized carbons (Fsp3) is 1.00. The molecular formula is C4H7FO. The maximum atomic E-state index is 11.6. The standard InChI is InChI=1S/C4H7FO/c5-4-1-3(4)2-6/h3-4,6H,1-2H2/t3-,4+/m0/s1. The van der Waals surface area contributed by atoms with Crippen LogP contribution >= 0.6 is 0 Å². The Bertz CT molecular complexity index is 53.5. The minimum absolute atomic E-state index is 0.00926. The van der Waals surface area contributed by atoms with E-state index in [9.17, 15) is 4.39 Å². The number of hydrogen-bond donors (Lipinski definition) is 1. The van der Waals surface area contributed by atoms with Crippen LogP contribution in [0.15, 0.2) is 0 Å². The van der Waals surface area contributed by atoms with E-state index in [1.807, 2.05) is 0 Å². The first-order chi connectivity index (χ1) is 2.84. The molecule has 0 aromatic carbocycles. The second-order valence-corrected chi connectivity index (χ2v) is 1.69. The number of hydrogen-bond acceptors (Lipinski definition) is 1. The average molecular weight is 90.1 g/mol. The van der Waals surface area contributed by atoms with Gasteiger partial charge in [-0.3, -0.25) is 0 Å². The molecule has 6 heavy (non-hydrogen) atoms. The second kappa shape index (κ2) is 1.19. The molecule has 0 spiro atoms. The highest BCUT2D eigenvalue weighted by Crippen LogP contribution is 2.32. The molecular weight excluding hydrogens is 83.0 g/mol. The third kappa shape index (κ3) is 0.522. The van der Waals surface area contributed by atoms with Gasteiger partial charge in [0.05, 0.1) is 0 Å². The highest BCUT2D eigenvalue weighted by Gasteiger charge is 2.36. The van der Waals surface area contributed by atoms with Gasteiger partial charge in [0.1, 0.15) is 6.17 Å². The summed E-state index contributed by atoms with van der Waals surface area (Å²) in [5.74, 6) is -0.00926. The van der Waals surface area contributed by atoms with Crippen molar-refractivity contribution < 1.29 is 9.50 Å². The van der Waals surface area contributed by atoms with Gasteiger partial charge >= 0.3 is 0 Å². The normalized spacial score (nSPS) is 43.0. The summed E-state index contributed by atoms with van der Waals surface area (Å²) in [4.78, 5) is 0. The average Bonchev–Trinajstić information content (AvgIpc) is 2.19. The van der Waals surface area contributed by atoms with Gasteiger partial charge in [-0.2, -0.15) is 0 Å². The molecule has 0 saturated heterocycles. The predicted octanol–water partition coefficient (Wildman–Crippen LogP) is 0.337. The number of rotatable bonds is 1. The van der Waals surface area contributed by atoms with Gasteiger partial charge in [-0.25, -0.2) is 4.39 Å². The molecule has 36 valence electrons. The van der Waals surface area contributed by atoms with Gasteiger partial charge in [-0.1, -0.05) is 0 Å². The molecule has 0 radical (unpaired) electrons. The van der Waals surface area contributed by atoms with E-state index in [4.69, 9.17) is 5.11 Å². The topological polar surface area (TPSA) is 20.2 Å².